The summed E-state index contributed by atoms with van der Waals surface area (Å²) >= 11 is 5.28. The van der Waals surface area contributed by atoms with Crippen LogP contribution in [-0.4, -0.2) is 37.4 Å². The van der Waals surface area contributed by atoms with Gasteiger partial charge in [0.2, 0.25) is 5.91 Å². The fraction of sp³-hybridized carbons (Fsp3) is 0.500. The molecule has 1 rings (SSSR count). The summed E-state index contributed by atoms with van der Waals surface area (Å²) in [6.07, 6.45) is 1.73. The SMILES string of the molecule is CCC(CC)N(C(=O)Cc1ccc(C)c(N=S(=O)=O)c1)C(=S)NC. The van der Waals surface area contributed by atoms with Crippen molar-refractivity contribution in [1.82, 2.24) is 10.2 Å². The number of rotatable bonds is 6. The normalized spacial score (nSPS) is 10.4. The molecule has 0 fully saturated rings. The summed E-state index contributed by atoms with van der Waals surface area (Å²) in [6.45, 7) is 5.79. The number of thiocarbonyl (C=S) groups is 1. The van der Waals surface area contributed by atoms with E-state index in [4.69, 9.17) is 12.2 Å². The second-order valence-electron chi connectivity index (χ2n) is 5.40. The highest BCUT2D eigenvalue weighted by molar-refractivity contribution is 7.80. The third kappa shape index (κ3) is 5.38. The van der Waals surface area contributed by atoms with E-state index in [1.807, 2.05) is 13.8 Å². The van der Waals surface area contributed by atoms with E-state index in [2.05, 4.69) is 9.68 Å². The van der Waals surface area contributed by atoms with Gasteiger partial charge >= 0.3 is 10.5 Å². The van der Waals surface area contributed by atoms with Crippen molar-refractivity contribution >= 4 is 39.4 Å². The lowest BCUT2D eigenvalue weighted by Crippen LogP contribution is -2.48. The quantitative estimate of drug-likeness (QED) is 0.780. The second kappa shape index (κ2) is 9.48. The van der Waals surface area contributed by atoms with Gasteiger partial charge in [-0.3, -0.25) is 9.69 Å². The number of aryl methyl sites for hydroxylation is 1. The molecule has 0 atom stereocenters. The standard InChI is InChI=1S/C16H23N3O3S2/c1-5-13(6-2)19(16(23)17-4)15(20)10-12-8-7-11(3)14(9-12)18-24(21)22/h7-9,13H,5-6,10H2,1-4H3,(H,17,23). The van der Waals surface area contributed by atoms with Gasteiger partial charge in [0.05, 0.1) is 12.1 Å². The van der Waals surface area contributed by atoms with Gasteiger partial charge in [-0.25, -0.2) is 0 Å². The van der Waals surface area contributed by atoms with Crippen LogP contribution in [0.4, 0.5) is 5.69 Å². The third-order valence-electron chi connectivity index (χ3n) is 3.81. The molecule has 8 heteroatoms. The Kier molecular flexibility index (Phi) is 8.00. The lowest BCUT2D eigenvalue weighted by molar-refractivity contribution is -0.128. The minimum atomic E-state index is -2.53. The summed E-state index contributed by atoms with van der Waals surface area (Å²) in [7, 11) is -0.835. The summed E-state index contributed by atoms with van der Waals surface area (Å²) in [6, 6.07) is 5.21. The molecule has 0 saturated heterocycles. The Balaban J connectivity index is 3.11. The second-order valence-corrected chi connectivity index (χ2v) is 6.40. The van der Waals surface area contributed by atoms with Crippen LogP contribution in [0.2, 0.25) is 0 Å². The maximum absolute atomic E-state index is 12.7. The minimum absolute atomic E-state index is 0.0289. The molecule has 1 aromatic carbocycles. The smallest absolute Gasteiger partial charge is 0.316 e. The molecular weight excluding hydrogens is 346 g/mol. The zero-order valence-electron chi connectivity index (χ0n) is 14.4. The number of amides is 1. The first kappa shape index (κ1) is 20.2. The van der Waals surface area contributed by atoms with Crippen molar-refractivity contribution in [2.75, 3.05) is 7.05 Å². The van der Waals surface area contributed by atoms with Gasteiger partial charge in [0.15, 0.2) is 5.11 Å². The van der Waals surface area contributed by atoms with Crippen molar-refractivity contribution in [3.63, 3.8) is 0 Å². The zero-order chi connectivity index (χ0) is 18.3. The average molecular weight is 370 g/mol. The van der Waals surface area contributed by atoms with Crippen LogP contribution >= 0.6 is 12.2 Å². The maximum atomic E-state index is 12.7. The molecule has 0 bridgehead atoms. The van der Waals surface area contributed by atoms with Crippen molar-refractivity contribution < 1.29 is 13.2 Å². The fourth-order valence-corrected chi connectivity index (χ4v) is 3.07. The van der Waals surface area contributed by atoms with Gasteiger partial charge in [0.25, 0.3) is 0 Å². The Hall–Kier alpha value is -1.80. The van der Waals surface area contributed by atoms with Crippen LogP contribution < -0.4 is 5.32 Å². The van der Waals surface area contributed by atoms with Crippen LogP contribution in [0.3, 0.4) is 0 Å². The number of hydrogen-bond donors (Lipinski definition) is 1. The summed E-state index contributed by atoms with van der Waals surface area (Å²) in [5.74, 6) is -0.124. The highest BCUT2D eigenvalue weighted by Crippen LogP contribution is 2.21. The van der Waals surface area contributed by atoms with Crippen LogP contribution in [0, 0.1) is 6.92 Å². The van der Waals surface area contributed by atoms with Crippen molar-refractivity contribution in [3.8, 4) is 0 Å². The Labute approximate surface area is 150 Å². The van der Waals surface area contributed by atoms with Crippen LogP contribution in [0.15, 0.2) is 22.6 Å². The molecule has 0 aliphatic heterocycles. The Morgan fingerprint density at radius 3 is 2.46 bits per heavy atom. The van der Waals surface area contributed by atoms with Crippen LogP contribution in [0.25, 0.3) is 0 Å². The van der Waals surface area contributed by atoms with Crippen molar-refractivity contribution in [2.45, 2.75) is 46.1 Å². The molecule has 1 aromatic rings. The van der Waals surface area contributed by atoms with E-state index in [0.717, 1.165) is 18.4 Å². The van der Waals surface area contributed by atoms with Crippen LogP contribution in [0.1, 0.15) is 37.8 Å². The molecule has 0 radical (unpaired) electrons. The topological polar surface area (TPSA) is 78.8 Å². The predicted octanol–water partition coefficient (Wildman–Crippen LogP) is 2.75. The molecule has 1 N–H and O–H groups in total. The van der Waals surface area contributed by atoms with Gasteiger partial charge in [0.1, 0.15) is 0 Å². The Morgan fingerprint density at radius 2 is 1.96 bits per heavy atom. The van der Waals surface area contributed by atoms with Gasteiger partial charge in [-0.15, -0.1) is 4.36 Å². The van der Waals surface area contributed by atoms with E-state index in [9.17, 15) is 13.2 Å². The van der Waals surface area contributed by atoms with E-state index in [1.165, 1.54) is 0 Å². The van der Waals surface area contributed by atoms with Crippen molar-refractivity contribution in [3.05, 3.63) is 29.3 Å². The van der Waals surface area contributed by atoms with E-state index >= 15 is 0 Å². The summed E-state index contributed by atoms with van der Waals surface area (Å²) in [5.41, 5.74) is 1.78. The van der Waals surface area contributed by atoms with Crippen molar-refractivity contribution in [2.24, 2.45) is 4.36 Å². The fourth-order valence-electron chi connectivity index (χ4n) is 2.46. The van der Waals surface area contributed by atoms with Crippen molar-refractivity contribution in [1.29, 1.82) is 0 Å². The van der Waals surface area contributed by atoms with Crippen LogP contribution in [0.5, 0.6) is 0 Å². The van der Waals surface area contributed by atoms with E-state index in [-0.39, 0.29) is 18.4 Å². The van der Waals surface area contributed by atoms with Gasteiger partial charge < -0.3 is 5.32 Å². The van der Waals surface area contributed by atoms with Gasteiger partial charge in [-0.05, 0) is 49.2 Å². The third-order valence-corrected chi connectivity index (χ3v) is 4.56. The molecule has 0 spiro atoms. The molecular formula is C16H23N3O3S2. The lowest BCUT2D eigenvalue weighted by atomic mass is 10.1. The molecule has 0 aromatic heterocycles. The van der Waals surface area contributed by atoms with Crippen LogP contribution in [-0.2, 0) is 21.7 Å². The largest absolute Gasteiger partial charge is 0.365 e. The number of carbonyl (C=O) groups is 1. The first-order chi connectivity index (χ1) is 11.3. The highest BCUT2D eigenvalue weighted by Gasteiger charge is 2.24. The molecule has 1 amide bonds. The van der Waals surface area contributed by atoms with E-state index < -0.39 is 10.5 Å². The first-order valence-electron chi connectivity index (χ1n) is 7.78. The Morgan fingerprint density at radius 1 is 1.33 bits per heavy atom. The van der Waals surface area contributed by atoms with E-state index in [1.54, 1.807) is 37.1 Å². The number of nitrogens with one attached hydrogen (secondary N) is 1. The molecule has 24 heavy (non-hydrogen) atoms. The average Bonchev–Trinajstić information content (AvgIpc) is 2.54. The number of benzene rings is 1. The molecule has 0 unspecified atom stereocenters. The lowest BCUT2D eigenvalue weighted by Gasteiger charge is -2.30. The Bertz CT molecular complexity index is 733. The van der Waals surface area contributed by atoms with Gasteiger partial charge in [0, 0.05) is 13.1 Å². The molecule has 0 aliphatic carbocycles. The minimum Gasteiger partial charge on any atom is -0.365 e. The summed E-state index contributed by atoms with van der Waals surface area (Å²) in [4.78, 5) is 14.3. The van der Waals surface area contributed by atoms with Gasteiger partial charge in [-0.1, -0.05) is 26.0 Å². The zero-order valence-corrected chi connectivity index (χ0v) is 16.0. The van der Waals surface area contributed by atoms with Gasteiger partial charge in [-0.2, -0.15) is 8.42 Å². The summed E-state index contributed by atoms with van der Waals surface area (Å²) < 4.78 is 25.1. The molecule has 0 heterocycles. The number of nitrogens with zero attached hydrogens (tertiary/aromatic N) is 2. The molecule has 0 aliphatic rings. The first-order valence-corrected chi connectivity index (χ1v) is 9.22. The van der Waals surface area contributed by atoms with E-state index in [0.29, 0.717) is 16.4 Å². The predicted molar refractivity (Wildman–Crippen MR) is 98.8 cm³/mol. The summed E-state index contributed by atoms with van der Waals surface area (Å²) in [5, 5.41) is 3.26. The molecule has 132 valence electrons. The number of hydrogen-bond acceptors (Lipinski definition) is 5. The molecule has 0 saturated carbocycles. The number of carbonyl (C=O) groups excluding carboxylic acids is 1. The monoisotopic (exact) mass is 369 g/mol. The molecule has 6 nitrogen and oxygen atoms in total. The maximum Gasteiger partial charge on any atom is 0.316 e. The highest BCUT2D eigenvalue weighted by atomic mass is 32.2.